The summed E-state index contributed by atoms with van der Waals surface area (Å²) in [6.45, 7) is 2.92. The van der Waals surface area contributed by atoms with E-state index in [-0.39, 0.29) is 5.91 Å². The highest BCUT2D eigenvalue weighted by Crippen LogP contribution is 2.37. The molecule has 98 valence electrons. The van der Waals surface area contributed by atoms with Crippen LogP contribution in [0.25, 0.3) is 0 Å². The van der Waals surface area contributed by atoms with Gasteiger partial charge < -0.3 is 9.32 Å². The van der Waals surface area contributed by atoms with Gasteiger partial charge in [0.25, 0.3) is 5.91 Å². The highest BCUT2D eigenvalue weighted by Gasteiger charge is 2.26. The number of benzene rings is 1. The molecule has 0 saturated carbocycles. The number of fused-ring (bicyclic) bond motifs is 1. The Hall–Kier alpha value is -1.68. The van der Waals surface area contributed by atoms with Crippen molar-refractivity contribution in [2.75, 3.05) is 11.4 Å². The van der Waals surface area contributed by atoms with E-state index in [1.165, 1.54) is 6.26 Å². The Balaban J connectivity index is 2.00. The Labute approximate surface area is 116 Å². The first-order chi connectivity index (χ1) is 9.25. The number of para-hydroxylation sites is 1. The summed E-state index contributed by atoms with van der Waals surface area (Å²) >= 11 is 1.83. The monoisotopic (exact) mass is 273 g/mol. The maximum Gasteiger partial charge on any atom is 0.293 e. The SMILES string of the molecule is C[C@@H]1CCN(C(=O)c2ccco2)c2ccccc2S1. The number of amides is 1. The van der Waals surface area contributed by atoms with Crippen molar-refractivity contribution in [1.82, 2.24) is 0 Å². The van der Waals surface area contributed by atoms with Gasteiger partial charge in [0, 0.05) is 16.7 Å². The maximum atomic E-state index is 12.5. The molecule has 1 aliphatic rings. The molecule has 0 aliphatic carbocycles. The van der Waals surface area contributed by atoms with Crippen LogP contribution >= 0.6 is 11.8 Å². The van der Waals surface area contributed by atoms with Gasteiger partial charge in [-0.3, -0.25) is 4.79 Å². The van der Waals surface area contributed by atoms with Crippen molar-refractivity contribution in [2.24, 2.45) is 0 Å². The van der Waals surface area contributed by atoms with E-state index in [1.54, 1.807) is 12.1 Å². The third kappa shape index (κ3) is 2.40. The number of hydrogen-bond acceptors (Lipinski definition) is 3. The van der Waals surface area contributed by atoms with Crippen LogP contribution in [0.1, 0.15) is 23.9 Å². The molecule has 2 heterocycles. The number of thioether (sulfide) groups is 1. The van der Waals surface area contributed by atoms with E-state index in [0.29, 0.717) is 11.0 Å². The largest absolute Gasteiger partial charge is 0.459 e. The van der Waals surface area contributed by atoms with Crippen LogP contribution in [-0.2, 0) is 0 Å². The molecule has 1 aromatic carbocycles. The van der Waals surface area contributed by atoms with Gasteiger partial charge in [-0.2, -0.15) is 0 Å². The third-order valence-electron chi connectivity index (χ3n) is 3.22. The summed E-state index contributed by atoms with van der Waals surface area (Å²) in [4.78, 5) is 15.5. The van der Waals surface area contributed by atoms with Crippen LogP contribution in [-0.4, -0.2) is 17.7 Å². The first-order valence-corrected chi connectivity index (χ1v) is 7.25. The topological polar surface area (TPSA) is 33.5 Å². The van der Waals surface area contributed by atoms with Gasteiger partial charge in [-0.15, -0.1) is 11.8 Å². The predicted molar refractivity (Wildman–Crippen MR) is 76.8 cm³/mol. The van der Waals surface area contributed by atoms with Crippen LogP contribution in [0.2, 0.25) is 0 Å². The summed E-state index contributed by atoms with van der Waals surface area (Å²) in [5.41, 5.74) is 0.984. The van der Waals surface area contributed by atoms with Crippen LogP contribution in [0.3, 0.4) is 0 Å². The number of carbonyl (C=O) groups is 1. The summed E-state index contributed by atoms with van der Waals surface area (Å²) in [5.74, 6) is 0.335. The van der Waals surface area contributed by atoms with E-state index in [4.69, 9.17) is 4.42 Å². The van der Waals surface area contributed by atoms with Crippen molar-refractivity contribution in [2.45, 2.75) is 23.5 Å². The van der Waals surface area contributed by atoms with Gasteiger partial charge in [-0.25, -0.2) is 0 Å². The molecule has 0 spiro atoms. The number of carbonyl (C=O) groups excluding carboxylic acids is 1. The molecule has 1 amide bonds. The van der Waals surface area contributed by atoms with Gasteiger partial charge >= 0.3 is 0 Å². The minimum absolute atomic E-state index is 0.0628. The molecule has 3 rings (SSSR count). The van der Waals surface area contributed by atoms with Gasteiger partial charge in [0.2, 0.25) is 0 Å². The summed E-state index contributed by atoms with van der Waals surface area (Å²) in [5, 5.41) is 0.510. The number of rotatable bonds is 1. The number of hydrogen-bond donors (Lipinski definition) is 0. The number of nitrogens with zero attached hydrogens (tertiary/aromatic N) is 1. The molecule has 0 saturated heterocycles. The van der Waals surface area contributed by atoms with Crippen LogP contribution in [0, 0.1) is 0 Å². The lowest BCUT2D eigenvalue weighted by molar-refractivity contribution is 0.0960. The Bertz CT molecular complexity index is 580. The van der Waals surface area contributed by atoms with E-state index in [0.717, 1.165) is 23.5 Å². The molecule has 0 radical (unpaired) electrons. The van der Waals surface area contributed by atoms with Crippen molar-refractivity contribution in [1.29, 1.82) is 0 Å². The molecule has 4 heteroatoms. The van der Waals surface area contributed by atoms with Crippen molar-refractivity contribution in [3.8, 4) is 0 Å². The van der Waals surface area contributed by atoms with Gasteiger partial charge in [0.1, 0.15) is 0 Å². The van der Waals surface area contributed by atoms with Crippen molar-refractivity contribution in [3.05, 3.63) is 48.4 Å². The normalized spacial score (nSPS) is 18.8. The molecule has 0 bridgehead atoms. The minimum Gasteiger partial charge on any atom is -0.459 e. The number of anilines is 1. The van der Waals surface area contributed by atoms with Gasteiger partial charge in [-0.1, -0.05) is 19.1 Å². The molecule has 3 nitrogen and oxygen atoms in total. The standard InChI is InChI=1S/C15H15NO2S/c1-11-8-9-16(15(17)13-6-4-10-18-13)12-5-2-3-7-14(12)19-11/h2-7,10-11H,8-9H2,1H3/t11-/m1/s1. The average Bonchev–Trinajstić information content (AvgIpc) is 2.89. The molecular weight excluding hydrogens is 258 g/mol. The lowest BCUT2D eigenvalue weighted by Crippen LogP contribution is -2.31. The molecule has 0 unspecified atom stereocenters. The third-order valence-corrected chi connectivity index (χ3v) is 4.46. The first-order valence-electron chi connectivity index (χ1n) is 6.37. The molecule has 1 aromatic heterocycles. The first kappa shape index (κ1) is 12.4. The highest BCUT2D eigenvalue weighted by molar-refractivity contribution is 8.00. The van der Waals surface area contributed by atoms with E-state index in [9.17, 15) is 4.79 Å². The van der Waals surface area contributed by atoms with Crippen molar-refractivity contribution >= 4 is 23.4 Å². The zero-order valence-electron chi connectivity index (χ0n) is 10.7. The van der Waals surface area contributed by atoms with Crippen molar-refractivity contribution < 1.29 is 9.21 Å². The number of furan rings is 1. The van der Waals surface area contributed by atoms with Crippen LogP contribution in [0.4, 0.5) is 5.69 Å². The van der Waals surface area contributed by atoms with E-state index < -0.39 is 0 Å². The lowest BCUT2D eigenvalue weighted by Gasteiger charge is -2.21. The van der Waals surface area contributed by atoms with Gasteiger partial charge in [-0.05, 0) is 30.7 Å². The summed E-state index contributed by atoms with van der Waals surface area (Å²) in [7, 11) is 0. The minimum atomic E-state index is -0.0628. The molecule has 19 heavy (non-hydrogen) atoms. The fourth-order valence-corrected chi connectivity index (χ4v) is 3.34. The fourth-order valence-electron chi connectivity index (χ4n) is 2.23. The second-order valence-corrected chi connectivity index (χ2v) is 6.10. The van der Waals surface area contributed by atoms with Crippen LogP contribution < -0.4 is 4.90 Å². The van der Waals surface area contributed by atoms with Crippen molar-refractivity contribution in [3.63, 3.8) is 0 Å². The highest BCUT2D eigenvalue weighted by atomic mass is 32.2. The predicted octanol–water partition coefficient (Wildman–Crippen LogP) is 3.81. The second-order valence-electron chi connectivity index (χ2n) is 4.62. The Morgan fingerprint density at radius 2 is 2.16 bits per heavy atom. The Kier molecular flexibility index (Phi) is 3.34. The summed E-state index contributed by atoms with van der Waals surface area (Å²) < 4.78 is 5.23. The molecule has 2 aromatic rings. The molecular formula is C15H15NO2S. The molecule has 0 N–H and O–H groups in total. The van der Waals surface area contributed by atoms with E-state index in [2.05, 4.69) is 13.0 Å². The van der Waals surface area contributed by atoms with Gasteiger partial charge in [0.05, 0.1) is 12.0 Å². The van der Waals surface area contributed by atoms with Crippen LogP contribution in [0.15, 0.2) is 52.0 Å². The smallest absolute Gasteiger partial charge is 0.293 e. The summed E-state index contributed by atoms with van der Waals surface area (Å²) in [6, 6.07) is 11.5. The zero-order chi connectivity index (χ0) is 13.2. The van der Waals surface area contributed by atoms with Gasteiger partial charge in [0.15, 0.2) is 5.76 Å². The fraction of sp³-hybridized carbons (Fsp3) is 0.267. The zero-order valence-corrected chi connectivity index (χ0v) is 11.5. The second kappa shape index (κ2) is 5.13. The molecule has 0 fully saturated rings. The Morgan fingerprint density at radius 1 is 1.32 bits per heavy atom. The summed E-state index contributed by atoms with van der Waals surface area (Å²) in [6.07, 6.45) is 2.51. The van der Waals surface area contributed by atoms with Crippen LogP contribution in [0.5, 0.6) is 0 Å². The maximum absolute atomic E-state index is 12.5. The van der Waals surface area contributed by atoms with E-state index >= 15 is 0 Å². The molecule has 1 aliphatic heterocycles. The lowest BCUT2D eigenvalue weighted by atomic mass is 10.2. The Morgan fingerprint density at radius 3 is 2.95 bits per heavy atom. The quantitative estimate of drug-likeness (QED) is 0.792. The van der Waals surface area contributed by atoms with E-state index in [1.807, 2.05) is 34.9 Å². The molecule has 1 atom stereocenters. The average molecular weight is 273 g/mol.